The third-order valence-electron chi connectivity index (χ3n) is 2.85. The fourth-order valence-corrected chi connectivity index (χ4v) is 0.436. The molecule has 0 spiro atoms. The lowest BCUT2D eigenvalue weighted by Gasteiger charge is -2.14. The molecule has 0 heterocycles. The smallest absolute Gasteiger partial charge is 0.309 e. The summed E-state index contributed by atoms with van der Waals surface area (Å²) in [4.78, 5) is 20.4. The Bertz CT molecular complexity index is 231. The molecule has 0 amide bonds. The van der Waals surface area contributed by atoms with E-state index in [0.29, 0.717) is 6.42 Å². The summed E-state index contributed by atoms with van der Waals surface area (Å²) in [7, 11) is 0. The van der Waals surface area contributed by atoms with Crippen LogP contribution in [-0.4, -0.2) is 22.2 Å². The molecule has 0 aromatic carbocycles. The summed E-state index contributed by atoms with van der Waals surface area (Å²) < 4.78 is 0. The maximum atomic E-state index is 10.3. The third kappa shape index (κ3) is 7.26. The number of carboxylic acid groups (broad SMARTS) is 2. The molecule has 0 aromatic heterocycles. The average molecular weight is 232 g/mol. The van der Waals surface area contributed by atoms with E-state index in [4.69, 9.17) is 10.2 Å². The zero-order valence-corrected chi connectivity index (χ0v) is 11.1. The molecule has 0 radical (unpaired) electrons. The molecular formula is C12H24O4. The largest absolute Gasteiger partial charge is 0.481 e. The van der Waals surface area contributed by atoms with Gasteiger partial charge in [0.2, 0.25) is 0 Å². The molecule has 0 saturated carbocycles. The molecule has 2 N–H and O–H groups in total. The Morgan fingerprint density at radius 3 is 1.50 bits per heavy atom. The number of carboxylic acids is 2. The van der Waals surface area contributed by atoms with Crippen LogP contribution in [0.25, 0.3) is 0 Å². The van der Waals surface area contributed by atoms with Gasteiger partial charge in [-0.25, -0.2) is 0 Å². The zero-order chi connectivity index (χ0) is 13.5. The highest BCUT2D eigenvalue weighted by molar-refractivity contribution is 5.73. The highest BCUT2D eigenvalue weighted by atomic mass is 16.4. The Kier molecular flexibility index (Phi) is 7.86. The minimum absolute atomic E-state index is 0.213. The van der Waals surface area contributed by atoms with E-state index in [1.165, 1.54) is 0 Å². The first-order chi connectivity index (χ1) is 7.06. The van der Waals surface area contributed by atoms with Crippen molar-refractivity contribution in [3.05, 3.63) is 0 Å². The van der Waals surface area contributed by atoms with Crippen molar-refractivity contribution in [2.75, 3.05) is 0 Å². The Labute approximate surface area is 97.7 Å². The van der Waals surface area contributed by atoms with Crippen LogP contribution in [-0.2, 0) is 9.59 Å². The van der Waals surface area contributed by atoms with Gasteiger partial charge in [-0.15, -0.1) is 0 Å². The minimum Gasteiger partial charge on any atom is -0.481 e. The Morgan fingerprint density at radius 1 is 1.12 bits per heavy atom. The van der Waals surface area contributed by atoms with Crippen molar-refractivity contribution < 1.29 is 19.8 Å². The highest BCUT2D eigenvalue weighted by Crippen LogP contribution is 2.18. The summed E-state index contributed by atoms with van der Waals surface area (Å²) >= 11 is 0. The topological polar surface area (TPSA) is 74.6 Å². The van der Waals surface area contributed by atoms with Gasteiger partial charge in [0, 0.05) is 0 Å². The number of aliphatic carboxylic acids is 2. The second-order valence-corrected chi connectivity index (χ2v) is 4.91. The summed E-state index contributed by atoms with van der Waals surface area (Å²) in [6.45, 7) is 10.8. The molecule has 0 fully saturated rings. The Hall–Kier alpha value is -1.06. The minimum atomic E-state index is -0.722. The molecule has 0 rings (SSSR count). The van der Waals surface area contributed by atoms with Crippen molar-refractivity contribution in [1.29, 1.82) is 0 Å². The fraction of sp³-hybridized carbons (Fsp3) is 0.833. The first kappa shape index (κ1) is 17.3. The molecule has 0 aromatic rings. The van der Waals surface area contributed by atoms with Gasteiger partial charge in [-0.3, -0.25) is 9.59 Å². The Morgan fingerprint density at radius 2 is 1.50 bits per heavy atom. The van der Waals surface area contributed by atoms with Crippen LogP contribution >= 0.6 is 0 Å². The van der Waals surface area contributed by atoms with Crippen LogP contribution in [0.4, 0.5) is 0 Å². The maximum absolute atomic E-state index is 10.3. The number of hydrogen-bond acceptors (Lipinski definition) is 2. The molecule has 96 valence electrons. The van der Waals surface area contributed by atoms with Crippen LogP contribution in [0.15, 0.2) is 0 Å². The van der Waals surface area contributed by atoms with E-state index in [9.17, 15) is 9.59 Å². The van der Waals surface area contributed by atoms with Crippen LogP contribution in [0.2, 0.25) is 0 Å². The van der Waals surface area contributed by atoms with Crippen LogP contribution in [0.3, 0.4) is 0 Å². The second kappa shape index (κ2) is 7.25. The summed E-state index contributed by atoms with van der Waals surface area (Å²) in [5.41, 5.74) is -0.542. The predicted molar refractivity (Wildman–Crippen MR) is 63.3 cm³/mol. The monoisotopic (exact) mass is 232 g/mol. The van der Waals surface area contributed by atoms with Gasteiger partial charge in [-0.1, -0.05) is 27.7 Å². The fourth-order valence-electron chi connectivity index (χ4n) is 0.436. The molecule has 0 bridgehead atoms. The van der Waals surface area contributed by atoms with Gasteiger partial charge in [-0.05, 0) is 26.2 Å². The maximum Gasteiger partial charge on any atom is 0.309 e. The van der Waals surface area contributed by atoms with E-state index in [1.807, 2.05) is 20.8 Å². The zero-order valence-electron chi connectivity index (χ0n) is 11.1. The number of carbonyl (C=O) groups is 2. The van der Waals surface area contributed by atoms with Crippen molar-refractivity contribution in [3.63, 3.8) is 0 Å². The lowest BCUT2D eigenvalue weighted by molar-refractivity contribution is -0.147. The van der Waals surface area contributed by atoms with Gasteiger partial charge in [0.1, 0.15) is 0 Å². The van der Waals surface area contributed by atoms with Gasteiger partial charge in [0.05, 0.1) is 11.3 Å². The SMILES string of the molecule is CC(C)C(C)C(=O)O.CCC(C)(C)C(=O)O. The molecule has 0 saturated heterocycles. The van der Waals surface area contributed by atoms with Crippen molar-refractivity contribution in [3.8, 4) is 0 Å². The lowest BCUT2D eigenvalue weighted by Crippen LogP contribution is -2.21. The first-order valence-corrected chi connectivity index (χ1v) is 5.52. The second-order valence-electron chi connectivity index (χ2n) is 4.91. The van der Waals surface area contributed by atoms with Gasteiger partial charge in [-0.2, -0.15) is 0 Å². The molecule has 4 nitrogen and oxygen atoms in total. The summed E-state index contributed by atoms with van der Waals surface area (Å²) in [5.74, 6) is -1.40. The standard InChI is InChI=1S/2C6H12O2/c1-4-6(2,3)5(7)8;1-4(2)5(3)6(7)8/h4H2,1-3H3,(H,7,8);4-5H,1-3H3,(H,7,8). The molecule has 16 heavy (non-hydrogen) atoms. The van der Waals surface area contributed by atoms with Crippen LogP contribution in [0.5, 0.6) is 0 Å². The van der Waals surface area contributed by atoms with Crippen LogP contribution in [0.1, 0.15) is 48.0 Å². The highest BCUT2D eigenvalue weighted by Gasteiger charge is 2.23. The lowest BCUT2D eigenvalue weighted by atomic mass is 9.91. The Balaban J connectivity index is 0. The molecule has 0 aliphatic rings. The van der Waals surface area contributed by atoms with Crippen molar-refractivity contribution in [2.24, 2.45) is 17.3 Å². The molecule has 1 atom stereocenters. The normalized spacial score (nSPS) is 12.7. The predicted octanol–water partition coefficient (Wildman–Crippen LogP) is 2.87. The van der Waals surface area contributed by atoms with Crippen LogP contribution in [0, 0.1) is 17.3 Å². The van der Waals surface area contributed by atoms with Crippen molar-refractivity contribution in [1.82, 2.24) is 0 Å². The summed E-state index contributed by atoms with van der Waals surface area (Å²) in [6, 6.07) is 0. The quantitative estimate of drug-likeness (QED) is 0.781. The molecule has 0 aliphatic heterocycles. The van der Waals surface area contributed by atoms with E-state index in [-0.39, 0.29) is 11.8 Å². The number of hydrogen-bond donors (Lipinski definition) is 2. The molecule has 0 aliphatic carbocycles. The summed E-state index contributed by atoms with van der Waals surface area (Å²) in [6.07, 6.45) is 0.683. The van der Waals surface area contributed by atoms with E-state index < -0.39 is 17.4 Å². The van der Waals surface area contributed by atoms with Crippen molar-refractivity contribution >= 4 is 11.9 Å². The van der Waals surface area contributed by atoms with Crippen LogP contribution < -0.4 is 0 Å². The van der Waals surface area contributed by atoms with E-state index >= 15 is 0 Å². The van der Waals surface area contributed by atoms with Gasteiger partial charge < -0.3 is 10.2 Å². The number of rotatable bonds is 4. The third-order valence-corrected chi connectivity index (χ3v) is 2.85. The molecule has 1 unspecified atom stereocenters. The van der Waals surface area contributed by atoms with E-state index in [1.54, 1.807) is 20.8 Å². The van der Waals surface area contributed by atoms with E-state index in [2.05, 4.69) is 0 Å². The van der Waals surface area contributed by atoms with Gasteiger partial charge in [0.25, 0.3) is 0 Å². The molecular weight excluding hydrogens is 208 g/mol. The van der Waals surface area contributed by atoms with Gasteiger partial charge >= 0.3 is 11.9 Å². The van der Waals surface area contributed by atoms with E-state index in [0.717, 1.165) is 0 Å². The molecule has 4 heteroatoms. The average Bonchev–Trinajstić information content (AvgIpc) is 2.17. The summed E-state index contributed by atoms with van der Waals surface area (Å²) in [5, 5.41) is 16.8. The first-order valence-electron chi connectivity index (χ1n) is 5.52. The van der Waals surface area contributed by atoms with Gasteiger partial charge in [0.15, 0.2) is 0 Å². The van der Waals surface area contributed by atoms with Crippen molar-refractivity contribution in [2.45, 2.75) is 48.0 Å².